The average molecular weight is 298 g/mol. The van der Waals surface area contributed by atoms with E-state index in [1.54, 1.807) is 24.3 Å². The highest BCUT2D eigenvalue weighted by molar-refractivity contribution is 6.63. The average Bonchev–Trinajstić information content (AvgIpc) is 2.66. The molecule has 1 aromatic rings. The third-order valence-electron chi connectivity index (χ3n) is 4.12. The van der Waals surface area contributed by atoms with Crippen LogP contribution in [0.5, 0.6) is 0 Å². The second-order valence-corrected chi connectivity index (χ2v) is 6.11. The van der Waals surface area contributed by atoms with Crippen LogP contribution in [0.1, 0.15) is 33.3 Å². The van der Waals surface area contributed by atoms with Crippen molar-refractivity contribution in [1.29, 1.82) is 10.5 Å². The molecule has 4 nitrogen and oxygen atoms in total. The number of nitriles is 2. The molecule has 0 aliphatic carbocycles. The molecular formula is C16H16BFN2O2. The monoisotopic (exact) mass is 298 g/mol. The molecule has 1 aliphatic heterocycles. The third-order valence-corrected chi connectivity index (χ3v) is 4.12. The molecule has 1 fully saturated rings. The smallest absolute Gasteiger partial charge is 0.399 e. The zero-order valence-electron chi connectivity index (χ0n) is 13.0. The van der Waals surface area contributed by atoms with Crippen LogP contribution in [0, 0.1) is 28.5 Å². The summed E-state index contributed by atoms with van der Waals surface area (Å²) in [4.78, 5) is 0. The Balaban J connectivity index is 2.51. The summed E-state index contributed by atoms with van der Waals surface area (Å²) in [5.41, 5.74) is -0.695. The van der Waals surface area contributed by atoms with E-state index in [1.807, 2.05) is 27.7 Å². The lowest BCUT2D eigenvalue weighted by atomic mass is 9.75. The number of hydrogen-bond acceptors (Lipinski definition) is 4. The Labute approximate surface area is 129 Å². The Hall–Kier alpha value is -2.15. The Morgan fingerprint density at radius 2 is 1.68 bits per heavy atom. The van der Waals surface area contributed by atoms with Crippen molar-refractivity contribution >= 4 is 18.7 Å². The van der Waals surface area contributed by atoms with Gasteiger partial charge in [-0.15, -0.1) is 0 Å². The fraction of sp³-hybridized carbons (Fsp3) is 0.375. The Morgan fingerprint density at radius 1 is 1.14 bits per heavy atom. The first-order valence-electron chi connectivity index (χ1n) is 6.88. The molecule has 0 spiro atoms. The van der Waals surface area contributed by atoms with Gasteiger partial charge in [-0.2, -0.15) is 10.5 Å². The lowest BCUT2D eigenvalue weighted by Crippen LogP contribution is -2.41. The highest BCUT2D eigenvalue weighted by Crippen LogP contribution is 2.36. The molecule has 6 heteroatoms. The van der Waals surface area contributed by atoms with Gasteiger partial charge in [0.25, 0.3) is 0 Å². The topological polar surface area (TPSA) is 66.0 Å². The first kappa shape index (κ1) is 16.2. The van der Waals surface area contributed by atoms with Crippen molar-refractivity contribution in [3.05, 3.63) is 35.2 Å². The molecule has 112 valence electrons. The largest absolute Gasteiger partial charge is 0.495 e. The second kappa shape index (κ2) is 5.57. The Morgan fingerprint density at radius 3 is 2.18 bits per heavy atom. The molecule has 0 atom stereocenters. The van der Waals surface area contributed by atoms with Gasteiger partial charge in [-0.3, -0.25) is 0 Å². The van der Waals surface area contributed by atoms with Gasteiger partial charge in [0.05, 0.1) is 11.2 Å². The third kappa shape index (κ3) is 2.76. The minimum absolute atomic E-state index is 0.138. The van der Waals surface area contributed by atoms with Crippen LogP contribution in [0.2, 0.25) is 0 Å². The molecule has 0 amide bonds. The lowest BCUT2D eigenvalue weighted by Gasteiger charge is -2.32. The zero-order chi connectivity index (χ0) is 16.5. The molecule has 0 unspecified atom stereocenters. The maximum absolute atomic E-state index is 14.1. The first-order chi connectivity index (χ1) is 10.2. The minimum Gasteiger partial charge on any atom is -0.399 e. The van der Waals surface area contributed by atoms with Crippen molar-refractivity contribution in [1.82, 2.24) is 0 Å². The van der Waals surface area contributed by atoms with Gasteiger partial charge in [0.2, 0.25) is 0 Å². The number of allylic oxidation sites excluding steroid dienone is 1. The van der Waals surface area contributed by atoms with E-state index >= 15 is 0 Å². The molecule has 2 rings (SSSR count). The number of benzene rings is 1. The molecule has 1 aromatic carbocycles. The van der Waals surface area contributed by atoms with Crippen molar-refractivity contribution < 1.29 is 13.7 Å². The van der Waals surface area contributed by atoms with Crippen molar-refractivity contribution in [2.24, 2.45) is 0 Å². The van der Waals surface area contributed by atoms with Gasteiger partial charge in [-0.05, 0) is 45.3 Å². The van der Waals surface area contributed by atoms with Gasteiger partial charge in [0.15, 0.2) is 0 Å². The van der Waals surface area contributed by atoms with Crippen LogP contribution in [0.3, 0.4) is 0 Å². The molecule has 1 heterocycles. The molecule has 1 aliphatic rings. The van der Waals surface area contributed by atoms with E-state index in [4.69, 9.17) is 19.8 Å². The Kier molecular flexibility index (Phi) is 4.11. The minimum atomic E-state index is -0.759. The highest BCUT2D eigenvalue weighted by atomic mass is 19.1. The fourth-order valence-corrected chi connectivity index (χ4v) is 2.12. The SMILES string of the molecule is CC1(C)OB(c2cccc(F)c2C=C(C#N)C#N)OC1(C)C. The van der Waals surface area contributed by atoms with E-state index in [9.17, 15) is 4.39 Å². The maximum atomic E-state index is 14.1. The van der Waals surface area contributed by atoms with Crippen molar-refractivity contribution in [3.63, 3.8) is 0 Å². The van der Waals surface area contributed by atoms with Crippen molar-refractivity contribution in [2.45, 2.75) is 38.9 Å². The summed E-state index contributed by atoms with van der Waals surface area (Å²) in [6, 6.07) is 7.95. The van der Waals surface area contributed by atoms with E-state index in [0.29, 0.717) is 5.46 Å². The quantitative estimate of drug-likeness (QED) is 0.621. The van der Waals surface area contributed by atoms with Crippen molar-refractivity contribution in [3.8, 4) is 12.1 Å². The Bertz CT molecular complexity index is 682. The van der Waals surface area contributed by atoms with E-state index in [-0.39, 0.29) is 11.1 Å². The van der Waals surface area contributed by atoms with Gasteiger partial charge in [0, 0.05) is 5.56 Å². The van der Waals surface area contributed by atoms with Crippen LogP contribution in [-0.2, 0) is 9.31 Å². The molecule has 0 bridgehead atoms. The fourth-order valence-electron chi connectivity index (χ4n) is 2.12. The van der Waals surface area contributed by atoms with Crippen molar-refractivity contribution in [2.75, 3.05) is 0 Å². The number of rotatable bonds is 2. The van der Waals surface area contributed by atoms with Gasteiger partial charge in [-0.25, -0.2) is 4.39 Å². The standard InChI is InChI=1S/C16H16BFN2O2/c1-15(2)16(3,4)22-17(21-15)13-6-5-7-14(18)12(13)8-11(9-19)10-20/h5-8H,1-4H3. The van der Waals surface area contributed by atoms with Crippen LogP contribution in [0.15, 0.2) is 23.8 Å². The predicted octanol–water partition coefficient (Wildman–Crippen LogP) is 2.56. The van der Waals surface area contributed by atoms with Gasteiger partial charge in [-0.1, -0.05) is 12.1 Å². The number of halogens is 1. The summed E-state index contributed by atoms with van der Waals surface area (Å²) < 4.78 is 26.0. The molecule has 22 heavy (non-hydrogen) atoms. The van der Waals surface area contributed by atoms with E-state index in [1.165, 1.54) is 12.1 Å². The van der Waals surface area contributed by atoms with Crippen LogP contribution < -0.4 is 5.46 Å². The summed E-state index contributed by atoms with van der Waals surface area (Å²) >= 11 is 0. The summed E-state index contributed by atoms with van der Waals surface area (Å²) in [6.45, 7) is 7.60. The normalized spacial score (nSPS) is 18.4. The summed E-state index contributed by atoms with van der Waals surface area (Å²) in [7, 11) is -0.759. The zero-order valence-corrected chi connectivity index (χ0v) is 13.0. The van der Waals surface area contributed by atoms with Gasteiger partial charge < -0.3 is 9.31 Å². The molecule has 1 saturated heterocycles. The second-order valence-electron chi connectivity index (χ2n) is 6.11. The predicted molar refractivity (Wildman–Crippen MR) is 81.3 cm³/mol. The molecule has 0 N–H and O–H groups in total. The molecule has 0 aromatic heterocycles. The van der Waals surface area contributed by atoms with E-state index in [0.717, 1.165) is 0 Å². The van der Waals surface area contributed by atoms with Crippen LogP contribution in [0.4, 0.5) is 4.39 Å². The molecule has 0 radical (unpaired) electrons. The van der Waals surface area contributed by atoms with Gasteiger partial charge in [0.1, 0.15) is 23.5 Å². The number of nitrogens with zero attached hydrogens (tertiary/aromatic N) is 2. The first-order valence-corrected chi connectivity index (χ1v) is 6.88. The van der Waals surface area contributed by atoms with Crippen LogP contribution in [0.25, 0.3) is 6.08 Å². The maximum Gasteiger partial charge on any atom is 0.495 e. The van der Waals surface area contributed by atoms with Crippen LogP contribution in [-0.4, -0.2) is 18.3 Å². The van der Waals surface area contributed by atoms with E-state index < -0.39 is 24.1 Å². The summed E-state index contributed by atoms with van der Waals surface area (Å²) in [5.74, 6) is -0.532. The molecular weight excluding hydrogens is 282 g/mol. The summed E-state index contributed by atoms with van der Waals surface area (Å²) in [5, 5.41) is 17.7. The van der Waals surface area contributed by atoms with Gasteiger partial charge >= 0.3 is 7.12 Å². The molecule has 0 saturated carbocycles. The number of hydrogen-bond donors (Lipinski definition) is 0. The van der Waals surface area contributed by atoms with E-state index in [2.05, 4.69) is 0 Å². The highest BCUT2D eigenvalue weighted by Gasteiger charge is 2.52. The summed E-state index contributed by atoms with van der Waals surface area (Å²) in [6.07, 6.45) is 1.22. The van der Waals surface area contributed by atoms with Crippen LogP contribution >= 0.6 is 0 Å². The lowest BCUT2D eigenvalue weighted by molar-refractivity contribution is 0.00578.